The molecule has 0 bridgehead atoms. The lowest BCUT2D eigenvalue weighted by molar-refractivity contribution is -0.139. The molecule has 1 heterocycles. The standard InChI is InChI=1S/C14H12O5/c15-13(16)7-18-8-4-5-12-11(6-8)9-2-1-3-10(9)14(17)19-12/h4-6H,1-3,7H2,(H,15,16). The van der Waals surface area contributed by atoms with Crippen molar-refractivity contribution in [2.75, 3.05) is 6.61 Å². The van der Waals surface area contributed by atoms with Gasteiger partial charge in [-0.2, -0.15) is 0 Å². The number of benzene rings is 1. The molecule has 1 aromatic carbocycles. The molecular weight excluding hydrogens is 248 g/mol. The van der Waals surface area contributed by atoms with Gasteiger partial charge in [-0.05, 0) is 43.0 Å². The summed E-state index contributed by atoms with van der Waals surface area (Å²) in [6, 6.07) is 4.99. The highest BCUT2D eigenvalue weighted by molar-refractivity contribution is 5.83. The summed E-state index contributed by atoms with van der Waals surface area (Å²) in [4.78, 5) is 22.2. The quantitative estimate of drug-likeness (QED) is 0.851. The summed E-state index contributed by atoms with van der Waals surface area (Å²) in [6.07, 6.45) is 2.53. The maximum absolute atomic E-state index is 11.7. The molecule has 5 nitrogen and oxygen atoms in total. The number of aryl methyl sites for hydroxylation is 1. The Kier molecular flexibility index (Phi) is 2.74. The number of carbonyl (C=O) groups is 1. The first-order valence-electron chi connectivity index (χ1n) is 6.08. The minimum absolute atomic E-state index is 0.265. The van der Waals surface area contributed by atoms with Gasteiger partial charge in [-0.15, -0.1) is 0 Å². The maximum Gasteiger partial charge on any atom is 0.341 e. The normalized spacial score (nSPS) is 13.5. The van der Waals surface area contributed by atoms with E-state index in [0.717, 1.165) is 35.8 Å². The van der Waals surface area contributed by atoms with Crippen LogP contribution in [0.25, 0.3) is 11.0 Å². The molecule has 0 aliphatic heterocycles. The highest BCUT2D eigenvalue weighted by Gasteiger charge is 2.19. The van der Waals surface area contributed by atoms with Crippen LogP contribution >= 0.6 is 0 Å². The summed E-state index contributed by atoms with van der Waals surface area (Å²) < 4.78 is 10.4. The van der Waals surface area contributed by atoms with Gasteiger partial charge in [0.25, 0.3) is 0 Å². The summed E-state index contributed by atoms with van der Waals surface area (Å²) in [6.45, 7) is -0.384. The van der Waals surface area contributed by atoms with Crippen LogP contribution in [0.15, 0.2) is 27.4 Å². The van der Waals surface area contributed by atoms with Crippen molar-refractivity contribution in [3.05, 3.63) is 39.7 Å². The topological polar surface area (TPSA) is 76.7 Å². The highest BCUT2D eigenvalue weighted by Crippen LogP contribution is 2.29. The minimum atomic E-state index is -1.02. The van der Waals surface area contributed by atoms with Crippen LogP contribution in [0.3, 0.4) is 0 Å². The van der Waals surface area contributed by atoms with Crippen LogP contribution in [0.1, 0.15) is 17.5 Å². The molecule has 2 aromatic rings. The van der Waals surface area contributed by atoms with E-state index in [1.807, 2.05) is 0 Å². The Morgan fingerprint density at radius 2 is 2.11 bits per heavy atom. The van der Waals surface area contributed by atoms with Gasteiger partial charge in [0.2, 0.25) is 0 Å². The molecule has 0 atom stereocenters. The molecule has 1 aliphatic rings. The van der Waals surface area contributed by atoms with Gasteiger partial charge < -0.3 is 14.3 Å². The van der Waals surface area contributed by atoms with Crippen LogP contribution in [-0.4, -0.2) is 17.7 Å². The van der Waals surface area contributed by atoms with Crippen molar-refractivity contribution in [2.24, 2.45) is 0 Å². The molecule has 1 N–H and O–H groups in total. The molecule has 0 radical (unpaired) electrons. The van der Waals surface area contributed by atoms with Crippen molar-refractivity contribution in [2.45, 2.75) is 19.3 Å². The lowest BCUT2D eigenvalue weighted by Crippen LogP contribution is -2.10. The number of carboxylic acid groups (broad SMARTS) is 1. The average molecular weight is 260 g/mol. The zero-order valence-corrected chi connectivity index (χ0v) is 10.1. The predicted octanol–water partition coefficient (Wildman–Crippen LogP) is 1.75. The Labute approximate surface area is 108 Å². The van der Waals surface area contributed by atoms with Gasteiger partial charge in [0, 0.05) is 10.9 Å². The molecule has 3 rings (SSSR count). The van der Waals surface area contributed by atoms with Crippen LogP contribution in [0.5, 0.6) is 5.75 Å². The molecular formula is C14H12O5. The van der Waals surface area contributed by atoms with E-state index < -0.39 is 5.97 Å². The van der Waals surface area contributed by atoms with E-state index in [-0.39, 0.29) is 12.2 Å². The van der Waals surface area contributed by atoms with Gasteiger partial charge >= 0.3 is 11.6 Å². The number of ether oxygens (including phenoxy) is 1. The summed E-state index contributed by atoms with van der Waals surface area (Å²) >= 11 is 0. The molecule has 0 fully saturated rings. The van der Waals surface area contributed by atoms with Gasteiger partial charge in [-0.1, -0.05) is 0 Å². The van der Waals surface area contributed by atoms with Crippen LogP contribution in [0.2, 0.25) is 0 Å². The van der Waals surface area contributed by atoms with E-state index in [4.69, 9.17) is 14.3 Å². The lowest BCUT2D eigenvalue weighted by atomic mass is 10.1. The first kappa shape index (κ1) is 11.8. The van der Waals surface area contributed by atoms with Crippen molar-refractivity contribution >= 4 is 16.9 Å². The van der Waals surface area contributed by atoms with Gasteiger partial charge in [-0.25, -0.2) is 9.59 Å². The number of hydrogen-bond donors (Lipinski definition) is 1. The highest BCUT2D eigenvalue weighted by atomic mass is 16.5. The zero-order valence-electron chi connectivity index (χ0n) is 10.1. The molecule has 0 amide bonds. The second kappa shape index (κ2) is 4.42. The van der Waals surface area contributed by atoms with Crippen LogP contribution in [0, 0.1) is 0 Å². The van der Waals surface area contributed by atoms with Crippen LogP contribution in [-0.2, 0) is 17.6 Å². The average Bonchev–Trinajstić information content (AvgIpc) is 2.87. The Morgan fingerprint density at radius 3 is 2.89 bits per heavy atom. The third kappa shape index (κ3) is 2.07. The largest absolute Gasteiger partial charge is 0.482 e. The van der Waals surface area contributed by atoms with E-state index in [2.05, 4.69) is 0 Å². The maximum atomic E-state index is 11.7. The molecule has 0 unspecified atom stereocenters. The number of hydrogen-bond acceptors (Lipinski definition) is 4. The molecule has 19 heavy (non-hydrogen) atoms. The first-order valence-corrected chi connectivity index (χ1v) is 6.08. The van der Waals surface area contributed by atoms with Crippen molar-refractivity contribution in [3.8, 4) is 5.75 Å². The fraction of sp³-hybridized carbons (Fsp3) is 0.286. The van der Waals surface area contributed by atoms with E-state index >= 15 is 0 Å². The predicted molar refractivity (Wildman–Crippen MR) is 67.6 cm³/mol. The van der Waals surface area contributed by atoms with Gasteiger partial charge in [0.05, 0.1) is 0 Å². The fourth-order valence-electron chi connectivity index (χ4n) is 2.50. The lowest BCUT2D eigenvalue weighted by Gasteiger charge is -2.07. The smallest absolute Gasteiger partial charge is 0.341 e. The number of fused-ring (bicyclic) bond motifs is 3. The third-order valence-electron chi connectivity index (χ3n) is 3.31. The first-order chi connectivity index (χ1) is 9.15. The van der Waals surface area contributed by atoms with Crippen molar-refractivity contribution in [1.29, 1.82) is 0 Å². The van der Waals surface area contributed by atoms with Crippen molar-refractivity contribution in [1.82, 2.24) is 0 Å². The van der Waals surface area contributed by atoms with E-state index in [1.165, 1.54) is 0 Å². The SMILES string of the molecule is O=C(O)COc1ccc2oc(=O)c3c(c2c1)CCC3. The second-order valence-electron chi connectivity index (χ2n) is 4.54. The van der Waals surface area contributed by atoms with E-state index in [0.29, 0.717) is 11.3 Å². The molecule has 0 spiro atoms. The summed E-state index contributed by atoms with van der Waals surface area (Å²) in [7, 11) is 0. The number of aliphatic carboxylic acids is 1. The Balaban J connectivity index is 2.09. The number of carboxylic acids is 1. The molecule has 98 valence electrons. The monoisotopic (exact) mass is 260 g/mol. The Morgan fingerprint density at radius 1 is 1.32 bits per heavy atom. The van der Waals surface area contributed by atoms with Crippen molar-refractivity contribution < 1.29 is 19.1 Å². The van der Waals surface area contributed by atoms with Crippen LogP contribution in [0.4, 0.5) is 0 Å². The summed E-state index contributed by atoms with van der Waals surface area (Å²) in [5, 5.41) is 9.44. The van der Waals surface area contributed by atoms with Gasteiger partial charge in [-0.3, -0.25) is 0 Å². The number of rotatable bonds is 3. The Bertz CT molecular complexity index is 714. The second-order valence-corrected chi connectivity index (χ2v) is 4.54. The molecule has 0 saturated heterocycles. The molecule has 5 heteroatoms. The van der Waals surface area contributed by atoms with Crippen molar-refractivity contribution in [3.63, 3.8) is 0 Å². The summed E-state index contributed by atoms with van der Waals surface area (Å²) in [5.41, 5.74) is 2.00. The molecule has 1 aliphatic carbocycles. The van der Waals surface area contributed by atoms with Crippen LogP contribution < -0.4 is 10.4 Å². The molecule has 0 saturated carbocycles. The third-order valence-corrected chi connectivity index (χ3v) is 3.31. The van der Waals surface area contributed by atoms with Gasteiger partial charge in [0.15, 0.2) is 6.61 Å². The van der Waals surface area contributed by atoms with E-state index in [9.17, 15) is 9.59 Å². The minimum Gasteiger partial charge on any atom is -0.482 e. The Hall–Kier alpha value is -2.30. The fourth-order valence-corrected chi connectivity index (χ4v) is 2.50. The molecule has 1 aromatic heterocycles. The summed E-state index contributed by atoms with van der Waals surface area (Å²) in [5.74, 6) is -0.553. The van der Waals surface area contributed by atoms with E-state index in [1.54, 1.807) is 18.2 Å². The zero-order chi connectivity index (χ0) is 13.4. The van der Waals surface area contributed by atoms with Gasteiger partial charge in [0.1, 0.15) is 11.3 Å².